The van der Waals surface area contributed by atoms with Gasteiger partial charge in [0.2, 0.25) is 0 Å². The van der Waals surface area contributed by atoms with Crippen LogP contribution < -0.4 is 10.1 Å². The Morgan fingerprint density at radius 1 is 1.30 bits per heavy atom. The summed E-state index contributed by atoms with van der Waals surface area (Å²) < 4.78 is 5.87. The molecule has 2 nitrogen and oxygen atoms in total. The molecule has 0 amide bonds. The van der Waals surface area contributed by atoms with Crippen LogP contribution in [0.1, 0.15) is 52.0 Å². The minimum Gasteiger partial charge on any atom is -0.490 e. The first-order valence-corrected chi connectivity index (χ1v) is 8.18. The molecule has 112 valence electrons. The largest absolute Gasteiger partial charge is 0.490 e. The Balaban J connectivity index is 1.84. The first-order chi connectivity index (χ1) is 9.69. The highest BCUT2D eigenvalue weighted by Crippen LogP contribution is 2.27. The number of rotatable bonds is 9. The summed E-state index contributed by atoms with van der Waals surface area (Å²) in [6, 6.07) is 9.25. The molecular formula is C18H29NO. The number of benzene rings is 1. The zero-order valence-corrected chi connectivity index (χ0v) is 13.2. The summed E-state index contributed by atoms with van der Waals surface area (Å²) >= 11 is 0. The number of hydrogen-bond donors (Lipinski definition) is 1. The van der Waals surface area contributed by atoms with Gasteiger partial charge in [0.15, 0.2) is 0 Å². The molecule has 0 saturated heterocycles. The summed E-state index contributed by atoms with van der Waals surface area (Å²) in [5.41, 5.74) is 1.40. The minimum atomic E-state index is 0.486. The maximum Gasteiger partial charge on any atom is 0.119 e. The Morgan fingerprint density at radius 3 is 2.75 bits per heavy atom. The van der Waals surface area contributed by atoms with Gasteiger partial charge in [0.05, 0.1) is 6.10 Å². The van der Waals surface area contributed by atoms with Gasteiger partial charge in [-0.2, -0.15) is 0 Å². The molecule has 1 fully saturated rings. The molecule has 0 radical (unpaired) electrons. The third-order valence-electron chi connectivity index (χ3n) is 3.93. The molecule has 1 aromatic carbocycles. The number of nitrogens with one attached hydrogen (secondary N) is 1. The molecule has 1 saturated carbocycles. The number of aryl methyl sites for hydroxylation is 1. The minimum absolute atomic E-state index is 0.486. The lowest BCUT2D eigenvalue weighted by atomic mass is 9.96. The van der Waals surface area contributed by atoms with Crippen LogP contribution in [0.2, 0.25) is 0 Å². The average Bonchev–Trinajstić information content (AvgIpc) is 3.23. The van der Waals surface area contributed by atoms with Crippen molar-refractivity contribution in [1.29, 1.82) is 0 Å². The first kappa shape index (κ1) is 15.4. The Kier molecular flexibility index (Phi) is 5.90. The SMILES string of the molecule is CCCNC(CCc1cccc(OC2CC2)c1)C(C)C. The van der Waals surface area contributed by atoms with Crippen molar-refractivity contribution in [2.24, 2.45) is 5.92 Å². The maximum absolute atomic E-state index is 5.87. The van der Waals surface area contributed by atoms with Gasteiger partial charge in [-0.05, 0) is 62.3 Å². The van der Waals surface area contributed by atoms with E-state index < -0.39 is 0 Å². The monoisotopic (exact) mass is 275 g/mol. The summed E-state index contributed by atoms with van der Waals surface area (Å²) in [6.07, 6.45) is 6.46. The van der Waals surface area contributed by atoms with Gasteiger partial charge in [0.25, 0.3) is 0 Å². The first-order valence-electron chi connectivity index (χ1n) is 8.18. The van der Waals surface area contributed by atoms with E-state index in [2.05, 4.69) is 50.4 Å². The highest BCUT2D eigenvalue weighted by atomic mass is 16.5. The Morgan fingerprint density at radius 2 is 2.10 bits per heavy atom. The van der Waals surface area contributed by atoms with Crippen molar-refractivity contribution in [3.8, 4) is 5.75 Å². The second-order valence-corrected chi connectivity index (χ2v) is 6.31. The fraction of sp³-hybridized carbons (Fsp3) is 0.667. The van der Waals surface area contributed by atoms with Gasteiger partial charge < -0.3 is 10.1 Å². The quantitative estimate of drug-likeness (QED) is 0.730. The number of ether oxygens (including phenoxy) is 1. The highest BCUT2D eigenvalue weighted by Gasteiger charge is 2.23. The molecule has 2 rings (SSSR count). The summed E-state index contributed by atoms with van der Waals surface area (Å²) in [5, 5.41) is 3.66. The van der Waals surface area contributed by atoms with Gasteiger partial charge in [0.1, 0.15) is 5.75 Å². The maximum atomic E-state index is 5.87. The summed E-state index contributed by atoms with van der Waals surface area (Å²) in [7, 11) is 0. The Hall–Kier alpha value is -1.02. The van der Waals surface area contributed by atoms with Gasteiger partial charge in [-0.3, -0.25) is 0 Å². The smallest absolute Gasteiger partial charge is 0.119 e. The van der Waals surface area contributed by atoms with Crippen molar-refractivity contribution < 1.29 is 4.74 Å². The van der Waals surface area contributed by atoms with Crippen LogP contribution in [-0.2, 0) is 6.42 Å². The summed E-state index contributed by atoms with van der Waals surface area (Å²) in [5.74, 6) is 1.74. The van der Waals surface area contributed by atoms with Crippen LogP contribution >= 0.6 is 0 Å². The molecule has 1 atom stereocenters. The predicted molar refractivity (Wildman–Crippen MR) is 85.3 cm³/mol. The summed E-state index contributed by atoms with van der Waals surface area (Å²) in [6.45, 7) is 7.96. The molecule has 0 aliphatic heterocycles. The normalized spacial score (nSPS) is 16.4. The van der Waals surface area contributed by atoms with E-state index in [0.717, 1.165) is 18.7 Å². The van der Waals surface area contributed by atoms with Crippen LogP contribution in [0.4, 0.5) is 0 Å². The van der Waals surface area contributed by atoms with Crippen LogP contribution in [0.3, 0.4) is 0 Å². The lowest BCUT2D eigenvalue weighted by molar-refractivity contribution is 0.302. The van der Waals surface area contributed by atoms with Crippen molar-refractivity contribution in [2.75, 3.05) is 6.54 Å². The molecule has 0 heterocycles. The van der Waals surface area contributed by atoms with E-state index in [1.165, 1.54) is 31.2 Å². The molecule has 1 aromatic rings. The lowest BCUT2D eigenvalue weighted by Crippen LogP contribution is -2.34. The average molecular weight is 275 g/mol. The third-order valence-corrected chi connectivity index (χ3v) is 3.93. The lowest BCUT2D eigenvalue weighted by Gasteiger charge is -2.22. The summed E-state index contributed by atoms with van der Waals surface area (Å²) in [4.78, 5) is 0. The van der Waals surface area contributed by atoms with Crippen molar-refractivity contribution in [3.63, 3.8) is 0 Å². The molecule has 1 aliphatic rings. The third kappa shape index (κ3) is 5.16. The molecule has 0 bridgehead atoms. The molecule has 20 heavy (non-hydrogen) atoms. The molecular weight excluding hydrogens is 246 g/mol. The van der Waals surface area contributed by atoms with Crippen LogP contribution in [-0.4, -0.2) is 18.7 Å². The predicted octanol–water partition coefficient (Wildman–Crippen LogP) is 4.18. The van der Waals surface area contributed by atoms with Crippen LogP contribution in [0.5, 0.6) is 5.75 Å². The highest BCUT2D eigenvalue weighted by molar-refractivity contribution is 5.29. The Labute approximate surface area is 123 Å². The van der Waals surface area contributed by atoms with Gasteiger partial charge in [-0.1, -0.05) is 32.9 Å². The Bertz CT molecular complexity index is 398. The second kappa shape index (κ2) is 7.68. The zero-order valence-electron chi connectivity index (χ0n) is 13.2. The van der Waals surface area contributed by atoms with E-state index in [9.17, 15) is 0 Å². The van der Waals surface area contributed by atoms with E-state index in [0.29, 0.717) is 18.1 Å². The van der Waals surface area contributed by atoms with Crippen LogP contribution in [0.15, 0.2) is 24.3 Å². The van der Waals surface area contributed by atoms with E-state index in [-0.39, 0.29) is 0 Å². The van der Waals surface area contributed by atoms with E-state index in [1.54, 1.807) is 0 Å². The van der Waals surface area contributed by atoms with E-state index >= 15 is 0 Å². The van der Waals surface area contributed by atoms with Crippen molar-refractivity contribution in [1.82, 2.24) is 5.32 Å². The van der Waals surface area contributed by atoms with Crippen molar-refractivity contribution in [3.05, 3.63) is 29.8 Å². The number of hydrogen-bond acceptors (Lipinski definition) is 2. The fourth-order valence-corrected chi connectivity index (χ4v) is 2.48. The van der Waals surface area contributed by atoms with Crippen LogP contribution in [0.25, 0.3) is 0 Å². The van der Waals surface area contributed by atoms with Crippen molar-refractivity contribution >= 4 is 0 Å². The standard InChI is InChI=1S/C18H29NO/c1-4-12-19-18(14(2)3)11-8-15-6-5-7-17(13-15)20-16-9-10-16/h5-7,13-14,16,18-19H,4,8-12H2,1-3H3. The van der Waals surface area contributed by atoms with Gasteiger partial charge in [0, 0.05) is 6.04 Å². The fourth-order valence-electron chi connectivity index (χ4n) is 2.48. The van der Waals surface area contributed by atoms with E-state index in [4.69, 9.17) is 4.74 Å². The molecule has 0 spiro atoms. The van der Waals surface area contributed by atoms with E-state index in [1.807, 2.05) is 0 Å². The van der Waals surface area contributed by atoms with Crippen LogP contribution in [0, 0.1) is 5.92 Å². The molecule has 1 aliphatic carbocycles. The van der Waals surface area contributed by atoms with Gasteiger partial charge in [-0.15, -0.1) is 0 Å². The molecule has 1 N–H and O–H groups in total. The molecule has 2 heteroatoms. The van der Waals surface area contributed by atoms with Crippen molar-refractivity contribution in [2.45, 2.75) is 65.0 Å². The second-order valence-electron chi connectivity index (χ2n) is 6.31. The molecule has 0 aromatic heterocycles. The molecule has 1 unspecified atom stereocenters. The topological polar surface area (TPSA) is 21.3 Å². The van der Waals surface area contributed by atoms with Gasteiger partial charge in [-0.25, -0.2) is 0 Å². The van der Waals surface area contributed by atoms with Gasteiger partial charge >= 0.3 is 0 Å². The zero-order chi connectivity index (χ0) is 14.4.